The number of piperazine rings is 1. The molecule has 0 bridgehead atoms. The first-order valence-corrected chi connectivity index (χ1v) is 6.66. The van der Waals surface area contributed by atoms with Gasteiger partial charge in [-0.1, -0.05) is 6.92 Å². The maximum absolute atomic E-state index is 11.2. The Morgan fingerprint density at radius 3 is 2.56 bits per heavy atom. The first-order chi connectivity index (χ1) is 7.70. The molecule has 0 amide bonds. The third kappa shape index (κ3) is 2.64. The molecule has 3 heteroatoms. The van der Waals surface area contributed by atoms with E-state index in [2.05, 4.69) is 23.8 Å². The van der Waals surface area contributed by atoms with Gasteiger partial charge in [-0.25, -0.2) is 0 Å². The Balaban J connectivity index is 1.88. The lowest BCUT2D eigenvalue weighted by atomic mass is 9.92. The summed E-state index contributed by atoms with van der Waals surface area (Å²) in [5.74, 6) is 0.470. The quantitative estimate of drug-likeness (QED) is 0.710. The second kappa shape index (κ2) is 5.28. The average molecular weight is 224 g/mol. The zero-order chi connectivity index (χ0) is 11.5. The number of carbonyl (C=O) groups excluding carboxylic acids is 1. The van der Waals surface area contributed by atoms with E-state index >= 15 is 0 Å². The van der Waals surface area contributed by atoms with Crippen LogP contribution in [0.3, 0.4) is 0 Å². The second-order valence-electron chi connectivity index (χ2n) is 5.31. The van der Waals surface area contributed by atoms with Crippen LogP contribution in [0.25, 0.3) is 0 Å². The highest BCUT2D eigenvalue weighted by Gasteiger charge is 2.30. The fourth-order valence-electron chi connectivity index (χ4n) is 3.03. The van der Waals surface area contributed by atoms with Crippen molar-refractivity contribution in [2.75, 3.05) is 26.7 Å². The van der Waals surface area contributed by atoms with Crippen molar-refractivity contribution in [3.05, 3.63) is 0 Å². The molecule has 1 aliphatic carbocycles. The van der Waals surface area contributed by atoms with Gasteiger partial charge in [-0.3, -0.25) is 9.69 Å². The first kappa shape index (κ1) is 12.1. The SMILES string of the molecule is CCC1CN(C2CCC(=O)CC2)CCN1C. The molecule has 1 heterocycles. The van der Waals surface area contributed by atoms with Gasteiger partial charge < -0.3 is 4.90 Å². The number of Topliss-reactive ketones (excluding diaryl/α,β-unsaturated/α-hetero) is 1. The van der Waals surface area contributed by atoms with E-state index in [-0.39, 0.29) is 0 Å². The van der Waals surface area contributed by atoms with Crippen molar-refractivity contribution in [1.82, 2.24) is 9.80 Å². The first-order valence-electron chi connectivity index (χ1n) is 6.66. The van der Waals surface area contributed by atoms with E-state index < -0.39 is 0 Å². The van der Waals surface area contributed by atoms with Crippen LogP contribution in [0.5, 0.6) is 0 Å². The van der Waals surface area contributed by atoms with Crippen molar-refractivity contribution in [2.24, 2.45) is 0 Å². The van der Waals surface area contributed by atoms with Crippen LogP contribution in [0, 0.1) is 0 Å². The van der Waals surface area contributed by atoms with E-state index in [1.54, 1.807) is 0 Å². The smallest absolute Gasteiger partial charge is 0.133 e. The van der Waals surface area contributed by atoms with Gasteiger partial charge >= 0.3 is 0 Å². The van der Waals surface area contributed by atoms with Gasteiger partial charge in [0, 0.05) is 44.6 Å². The van der Waals surface area contributed by atoms with Gasteiger partial charge in [-0.15, -0.1) is 0 Å². The largest absolute Gasteiger partial charge is 0.301 e. The summed E-state index contributed by atoms with van der Waals surface area (Å²) in [7, 11) is 2.23. The Kier molecular flexibility index (Phi) is 3.98. The number of ketones is 1. The Bertz CT molecular complexity index is 244. The molecule has 2 aliphatic rings. The van der Waals surface area contributed by atoms with Gasteiger partial charge in [0.15, 0.2) is 0 Å². The lowest BCUT2D eigenvalue weighted by Gasteiger charge is -2.43. The highest BCUT2D eigenvalue weighted by Crippen LogP contribution is 2.23. The summed E-state index contributed by atoms with van der Waals surface area (Å²) in [6, 6.07) is 1.40. The molecule has 0 aromatic heterocycles. The van der Waals surface area contributed by atoms with Gasteiger partial charge in [0.05, 0.1) is 0 Å². The highest BCUT2D eigenvalue weighted by atomic mass is 16.1. The fourth-order valence-corrected chi connectivity index (χ4v) is 3.03. The molecule has 0 N–H and O–H groups in total. The van der Waals surface area contributed by atoms with E-state index in [1.165, 1.54) is 26.1 Å². The molecule has 3 nitrogen and oxygen atoms in total. The van der Waals surface area contributed by atoms with Crippen LogP contribution in [-0.2, 0) is 4.79 Å². The molecule has 16 heavy (non-hydrogen) atoms. The minimum Gasteiger partial charge on any atom is -0.301 e. The van der Waals surface area contributed by atoms with E-state index in [4.69, 9.17) is 0 Å². The maximum Gasteiger partial charge on any atom is 0.133 e. The summed E-state index contributed by atoms with van der Waals surface area (Å²) in [5, 5.41) is 0. The maximum atomic E-state index is 11.2. The van der Waals surface area contributed by atoms with Crippen molar-refractivity contribution in [1.29, 1.82) is 0 Å². The van der Waals surface area contributed by atoms with Gasteiger partial charge in [0.25, 0.3) is 0 Å². The molecule has 0 aromatic carbocycles. The predicted octanol–water partition coefficient (Wildman–Crippen LogP) is 1.52. The zero-order valence-corrected chi connectivity index (χ0v) is 10.6. The molecule has 2 rings (SSSR count). The van der Waals surface area contributed by atoms with E-state index in [9.17, 15) is 4.79 Å². The molecule has 0 aromatic rings. The molecule has 1 saturated heterocycles. The lowest BCUT2D eigenvalue weighted by Crippen LogP contribution is -2.54. The molecule has 92 valence electrons. The number of carbonyl (C=O) groups is 1. The van der Waals surface area contributed by atoms with Crippen LogP contribution in [0.4, 0.5) is 0 Å². The second-order valence-corrected chi connectivity index (χ2v) is 5.31. The van der Waals surface area contributed by atoms with E-state index in [1.807, 2.05) is 0 Å². The molecule has 1 aliphatic heterocycles. The number of rotatable bonds is 2. The molecule has 1 saturated carbocycles. The third-order valence-corrected chi connectivity index (χ3v) is 4.31. The van der Waals surface area contributed by atoms with E-state index in [0.717, 1.165) is 25.7 Å². The Morgan fingerprint density at radius 1 is 1.25 bits per heavy atom. The molecular weight excluding hydrogens is 200 g/mol. The summed E-state index contributed by atoms with van der Waals surface area (Å²) in [6.45, 7) is 5.84. The molecule has 0 spiro atoms. The van der Waals surface area contributed by atoms with Crippen molar-refractivity contribution >= 4 is 5.78 Å². The molecular formula is C13H24N2O. The van der Waals surface area contributed by atoms with Crippen LogP contribution >= 0.6 is 0 Å². The van der Waals surface area contributed by atoms with E-state index in [0.29, 0.717) is 17.9 Å². The van der Waals surface area contributed by atoms with Gasteiger partial charge in [-0.2, -0.15) is 0 Å². The highest BCUT2D eigenvalue weighted by molar-refractivity contribution is 5.79. The fraction of sp³-hybridized carbons (Fsp3) is 0.923. The summed E-state index contributed by atoms with van der Waals surface area (Å²) in [5.41, 5.74) is 0. The monoisotopic (exact) mass is 224 g/mol. The lowest BCUT2D eigenvalue weighted by molar-refractivity contribution is -0.121. The minimum absolute atomic E-state index is 0.470. The number of hydrogen-bond donors (Lipinski definition) is 0. The molecule has 2 fully saturated rings. The van der Waals surface area contributed by atoms with Crippen LogP contribution in [0.1, 0.15) is 39.0 Å². The summed E-state index contributed by atoms with van der Waals surface area (Å²) in [4.78, 5) is 16.3. The number of hydrogen-bond acceptors (Lipinski definition) is 3. The molecule has 0 radical (unpaired) electrons. The predicted molar refractivity (Wildman–Crippen MR) is 65.5 cm³/mol. The Hall–Kier alpha value is -0.410. The molecule has 1 atom stereocenters. The van der Waals surface area contributed by atoms with Gasteiger partial charge in [0.1, 0.15) is 5.78 Å². The van der Waals surface area contributed by atoms with Gasteiger partial charge in [0.2, 0.25) is 0 Å². The van der Waals surface area contributed by atoms with Crippen LogP contribution in [0.2, 0.25) is 0 Å². The standard InChI is InChI=1S/C13H24N2O/c1-3-11-10-15(9-8-14(11)2)12-4-6-13(16)7-5-12/h11-12H,3-10H2,1-2H3. The number of likely N-dealkylation sites (N-methyl/N-ethyl adjacent to an activating group) is 1. The van der Waals surface area contributed by atoms with Crippen LogP contribution in [-0.4, -0.2) is 54.3 Å². The topological polar surface area (TPSA) is 23.6 Å². The summed E-state index contributed by atoms with van der Waals surface area (Å²) < 4.78 is 0. The Labute approximate surface area is 98.8 Å². The van der Waals surface area contributed by atoms with Crippen molar-refractivity contribution in [3.8, 4) is 0 Å². The third-order valence-electron chi connectivity index (χ3n) is 4.31. The normalized spacial score (nSPS) is 30.9. The van der Waals surface area contributed by atoms with Crippen molar-refractivity contribution < 1.29 is 4.79 Å². The number of nitrogens with zero attached hydrogens (tertiary/aromatic N) is 2. The zero-order valence-electron chi connectivity index (χ0n) is 10.6. The molecule has 1 unspecified atom stereocenters. The van der Waals surface area contributed by atoms with Crippen molar-refractivity contribution in [3.63, 3.8) is 0 Å². The summed E-state index contributed by atoms with van der Waals surface area (Å²) >= 11 is 0. The average Bonchev–Trinajstić information content (AvgIpc) is 2.31. The summed E-state index contributed by atoms with van der Waals surface area (Å²) in [6.07, 6.45) is 5.05. The van der Waals surface area contributed by atoms with Gasteiger partial charge in [-0.05, 0) is 26.3 Å². The minimum atomic E-state index is 0.470. The Morgan fingerprint density at radius 2 is 1.94 bits per heavy atom. The van der Waals surface area contributed by atoms with Crippen molar-refractivity contribution in [2.45, 2.75) is 51.1 Å². The van der Waals surface area contributed by atoms with Crippen LogP contribution in [0.15, 0.2) is 0 Å². The van der Waals surface area contributed by atoms with Crippen LogP contribution < -0.4 is 0 Å².